The van der Waals surface area contributed by atoms with Crippen molar-refractivity contribution in [3.63, 3.8) is 0 Å². The number of fused-ring (bicyclic) bond motifs is 1. The van der Waals surface area contributed by atoms with Crippen molar-refractivity contribution >= 4 is 32.1 Å². The summed E-state index contributed by atoms with van der Waals surface area (Å²) in [7, 11) is 0. The SMILES string of the molecule is NC(c1cc2sccc2s1)c1ccnn1-c1ccccc1. The normalized spacial score (nSPS) is 12.8. The van der Waals surface area contributed by atoms with E-state index in [1.165, 1.54) is 14.3 Å². The summed E-state index contributed by atoms with van der Waals surface area (Å²) in [6.45, 7) is 0. The van der Waals surface area contributed by atoms with Gasteiger partial charge in [-0.15, -0.1) is 22.7 Å². The Morgan fingerprint density at radius 2 is 1.90 bits per heavy atom. The van der Waals surface area contributed by atoms with Crippen molar-refractivity contribution < 1.29 is 0 Å². The minimum Gasteiger partial charge on any atom is -0.318 e. The molecule has 3 nitrogen and oxygen atoms in total. The monoisotopic (exact) mass is 311 g/mol. The first-order valence-electron chi connectivity index (χ1n) is 6.65. The lowest BCUT2D eigenvalue weighted by atomic mass is 10.2. The maximum absolute atomic E-state index is 6.48. The quantitative estimate of drug-likeness (QED) is 0.616. The Morgan fingerprint density at radius 1 is 1.05 bits per heavy atom. The molecule has 0 saturated heterocycles. The fourth-order valence-electron chi connectivity index (χ4n) is 2.42. The summed E-state index contributed by atoms with van der Waals surface area (Å²) >= 11 is 3.51. The lowest BCUT2D eigenvalue weighted by molar-refractivity contribution is 0.748. The first kappa shape index (κ1) is 12.8. The number of rotatable bonds is 3. The van der Waals surface area contributed by atoms with Crippen LogP contribution in [0.2, 0.25) is 0 Å². The van der Waals surface area contributed by atoms with E-state index in [4.69, 9.17) is 5.73 Å². The van der Waals surface area contributed by atoms with Gasteiger partial charge in [0, 0.05) is 20.5 Å². The highest BCUT2D eigenvalue weighted by atomic mass is 32.1. The van der Waals surface area contributed by atoms with Gasteiger partial charge in [0.25, 0.3) is 0 Å². The number of hydrogen-bond acceptors (Lipinski definition) is 4. The van der Waals surface area contributed by atoms with Crippen molar-refractivity contribution in [1.29, 1.82) is 0 Å². The minimum atomic E-state index is -0.155. The molecule has 0 saturated carbocycles. The van der Waals surface area contributed by atoms with Crippen LogP contribution in [-0.2, 0) is 0 Å². The van der Waals surface area contributed by atoms with E-state index in [0.717, 1.165) is 11.4 Å². The number of benzene rings is 1. The zero-order valence-electron chi connectivity index (χ0n) is 11.1. The summed E-state index contributed by atoms with van der Waals surface area (Å²) in [6, 6.07) is 16.3. The molecule has 1 aromatic carbocycles. The van der Waals surface area contributed by atoms with Crippen molar-refractivity contribution in [3.8, 4) is 5.69 Å². The van der Waals surface area contributed by atoms with Crippen molar-refractivity contribution in [3.05, 3.63) is 70.7 Å². The summed E-state index contributed by atoms with van der Waals surface area (Å²) in [6.07, 6.45) is 1.80. The number of hydrogen-bond donors (Lipinski definition) is 1. The van der Waals surface area contributed by atoms with Crippen molar-refractivity contribution in [2.24, 2.45) is 5.73 Å². The van der Waals surface area contributed by atoms with Gasteiger partial charge in [-0.2, -0.15) is 5.10 Å². The molecule has 5 heteroatoms. The molecule has 1 atom stereocenters. The van der Waals surface area contributed by atoms with Crippen LogP contribution in [0.3, 0.4) is 0 Å². The van der Waals surface area contributed by atoms with Gasteiger partial charge in [-0.25, -0.2) is 4.68 Å². The number of thiophene rings is 2. The van der Waals surface area contributed by atoms with Gasteiger partial charge in [-0.1, -0.05) is 18.2 Å². The Bertz CT molecular complexity index is 845. The van der Waals surface area contributed by atoms with Crippen LogP contribution in [0, 0.1) is 0 Å². The van der Waals surface area contributed by atoms with Crippen LogP contribution in [0.15, 0.2) is 60.1 Å². The highest BCUT2D eigenvalue weighted by Gasteiger charge is 2.17. The van der Waals surface area contributed by atoms with Crippen LogP contribution >= 0.6 is 22.7 Å². The molecule has 0 radical (unpaired) electrons. The summed E-state index contributed by atoms with van der Waals surface area (Å²) in [5.41, 5.74) is 8.52. The Kier molecular flexibility index (Phi) is 3.11. The molecular formula is C16H13N3S2. The number of aromatic nitrogens is 2. The van der Waals surface area contributed by atoms with Gasteiger partial charge < -0.3 is 5.73 Å². The third kappa shape index (κ3) is 2.19. The first-order chi connectivity index (χ1) is 10.3. The van der Waals surface area contributed by atoms with Crippen LogP contribution in [0.1, 0.15) is 16.6 Å². The molecule has 3 heterocycles. The van der Waals surface area contributed by atoms with Gasteiger partial charge in [0.1, 0.15) is 0 Å². The second-order valence-electron chi connectivity index (χ2n) is 4.78. The number of para-hydroxylation sites is 1. The minimum absolute atomic E-state index is 0.155. The van der Waals surface area contributed by atoms with Gasteiger partial charge in [0.05, 0.1) is 17.4 Å². The molecular weight excluding hydrogens is 298 g/mol. The lowest BCUT2D eigenvalue weighted by Crippen LogP contribution is -2.15. The van der Waals surface area contributed by atoms with E-state index in [1.807, 2.05) is 41.1 Å². The molecule has 0 aliphatic carbocycles. The standard InChI is InChI=1S/C16H13N3S2/c17-16(15-10-14-13(21-15)7-9-20-14)12-6-8-18-19(12)11-4-2-1-3-5-11/h1-10,16H,17H2. The smallest absolute Gasteiger partial charge is 0.0822 e. The fourth-order valence-corrected chi connectivity index (χ4v) is 4.55. The largest absolute Gasteiger partial charge is 0.318 e. The topological polar surface area (TPSA) is 43.8 Å². The molecule has 4 rings (SSSR count). The highest BCUT2D eigenvalue weighted by molar-refractivity contribution is 7.27. The Labute approximate surface area is 130 Å². The average Bonchev–Trinajstić information content (AvgIpc) is 3.22. The lowest BCUT2D eigenvalue weighted by Gasteiger charge is -2.12. The van der Waals surface area contributed by atoms with Crippen LogP contribution < -0.4 is 5.73 Å². The van der Waals surface area contributed by atoms with Crippen molar-refractivity contribution in [1.82, 2.24) is 9.78 Å². The van der Waals surface area contributed by atoms with E-state index >= 15 is 0 Å². The second-order valence-corrected chi connectivity index (χ2v) is 6.84. The van der Waals surface area contributed by atoms with E-state index < -0.39 is 0 Å². The summed E-state index contributed by atoms with van der Waals surface area (Å²) in [5, 5.41) is 6.53. The zero-order chi connectivity index (χ0) is 14.2. The van der Waals surface area contributed by atoms with Gasteiger partial charge in [-0.3, -0.25) is 0 Å². The van der Waals surface area contributed by atoms with Gasteiger partial charge in [0.15, 0.2) is 0 Å². The molecule has 1 unspecified atom stereocenters. The molecule has 0 spiro atoms. The number of nitrogens with zero attached hydrogens (tertiary/aromatic N) is 2. The van der Waals surface area contributed by atoms with Crippen molar-refractivity contribution in [2.75, 3.05) is 0 Å². The molecule has 2 N–H and O–H groups in total. The Balaban J connectivity index is 1.77. The van der Waals surface area contributed by atoms with Crippen LogP contribution in [0.25, 0.3) is 15.1 Å². The molecule has 0 aliphatic heterocycles. The fraction of sp³-hybridized carbons (Fsp3) is 0.0625. The van der Waals surface area contributed by atoms with E-state index in [9.17, 15) is 0 Å². The van der Waals surface area contributed by atoms with Gasteiger partial charge in [0.2, 0.25) is 0 Å². The third-order valence-corrected chi connectivity index (χ3v) is 5.63. The van der Waals surface area contributed by atoms with Gasteiger partial charge >= 0.3 is 0 Å². The van der Waals surface area contributed by atoms with Crippen LogP contribution in [-0.4, -0.2) is 9.78 Å². The number of nitrogens with two attached hydrogens (primary N) is 1. The maximum atomic E-state index is 6.48. The first-order valence-corrected chi connectivity index (χ1v) is 8.34. The molecule has 104 valence electrons. The molecule has 0 bridgehead atoms. The summed E-state index contributed by atoms with van der Waals surface area (Å²) < 4.78 is 4.52. The molecule has 21 heavy (non-hydrogen) atoms. The molecule has 0 amide bonds. The molecule has 0 aliphatic rings. The highest BCUT2D eigenvalue weighted by Crippen LogP contribution is 2.35. The van der Waals surface area contributed by atoms with Crippen molar-refractivity contribution in [2.45, 2.75) is 6.04 Å². The van der Waals surface area contributed by atoms with E-state index in [1.54, 1.807) is 28.9 Å². The van der Waals surface area contributed by atoms with E-state index in [-0.39, 0.29) is 6.04 Å². The van der Waals surface area contributed by atoms with Crippen LogP contribution in [0.5, 0.6) is 0 Å². The predicted molar refractivity (Wildman–Crippen MR) is 89.3 cm³/mol. The van der Waals surface area contributed by atoms with E-state index in [2.05, 4.69) is 22.6 Å². The predicted octanol–water partition coefficient (Wildman–Crippen LogP) is 4.20. The Morgan fingerprint density at radius 3 is 2.71 bits per heavy atom. The molecule has 3 aromatic heterocycles. The van der Waals surface area contributed by atoms with E-state index in [0.29, 0.717) is 0 Å². The maximum Gasteiger partial charge on any atom is 0.0822 e. The Hall–Kier alpha value is -1.95. The van der Waals surface area contributed by atoms with Gasteiger partial charge in [-0.05, 0) is 35.7 Å². The molecule has 0 fully saturated rings. The third-order valence-electron chi connectivity index (χ3n) is 3.46. The molecule has 4 aromatic rings. The average molecular weight is 311 g/mol. The second kappa shape index (κ2) is 5.11. The summed E-state index contributed by atoms with van der Waals surface area (Å²) in [5.74, 6) is 0. The van der Waals surface area contributed by atoms with Crippen LogP contribution in [0.4, 0.5) is 0 Å². The zero-order valence-corrected chi connectivity index (χ0v) is 12.8. The summed E-state index contributed by atoms with van der Waals surface area (Å²) in [4.78, 5) is 1.18.